The highest BCUT2D eigenvalue weighted by Crippen LogP contribution is 2.32. The number of nitro benzene ring substituents is 1. The van der Waals surface area contributed by atoms with Gasteiger partial charge in [0.15, 0.2) is 0 Å². The number of benzene rings is 2. The van der Waals surface area contributed by atoms with Crippen molar-refractivity contribution in [2.45, 2.75) is 45.1 Å². The summed E-state index contributed by atoms with van der Waals surface area (Å²) < 4.78 is 14.3. The highest BCUT2D eigenvalue weighted by Gasteiger charge is 2.44. The average Bonchev–Trinajstić information content (AvgIpc) is 3.11. The Kier molecular flexibility index (Phi) is 6.59. The molecule has 0 aromatic heterocycles. The second kappa shape index (κ2) is 9.61. The van der Waals surface area contributed by atoms with Gasteiger partial charge in [0.25, 0.3) is 17.5 Å². The van der Waals surface area contributed by atoms with E-state index in [-0.39, 0.29) is 34.3 Å². The number of hydrogen-bond donors (Lipinski definition) is 2. The van der Waals surface area contributed by atoms with Crippen molar-refractivity contribution < 1.29 is 28.5 Å². The Morgan fingerprint density at radius 2 is 1.80 bits per heavy atom. The van der Waals surface area contributed by atoms with Crippen molar-refractivity contribution in [2.75, 3.05) is 10.6 Å². The van der Waals surface area contributed by atoms with Gasteiger partial charge in [-0.2, -0.15) is 0 Å². The van der Waals surface area contributed by atoms with Crippen LogP contribution in [0.4, 0.5) is 21.5 Å². The number of carbonyl (C=O) groups excluding carboxylic acids is 4. The molecule has 0 saturated heterocycles. The van der Waals surface area contributed by atoms with Gasteiger partial charge in [0.2, 0.25) is 11.8 Å². The largest absolute Gasteiger partial charge is 0.324 e. The molecular formula is C24H23FN4O6. The fourth-order valence-electron chi connectivity index (χ4n) is 4.45. The second-order valence-electron chi connectivity index (χ2n) is 8.62. The summed E-state index contributed by atoms with van der Waals surface area (Å²) in [4.78, 5) is 62.1. The molecule has 1 heterocycles. The average molecular weight is 482 g/mol. The van der Waals surface area contributed by atoms with Crippen molar-refractivity contribution in [3.8, 4) is 0 Å². The van der Waals surface area contributed by atoms with Crippen LogP contribution in [0.25, 0.3) is 0 Å². The quantitative estimate of drug-likeness (QED) is 0.364. The molecule has 1 fully saturated rings. The molecule has 0 radical (unpaired) electrons. The van der Waals surface area contributed by atoms with E-state index >= 15 is 0 Å². The van der Waals surface area contributed by atoms with E-state index in [9.17, 15) is 33.7 Å². The van der Waals surface area contributed by atoms with Gasteiger partial charge < -0.3 is 10.6 Å². The molecule has 4 amide bonds. The lowest BCUT2D eigenvalue weighted by Crippen LogP contribution is -2.45. The summed E-state index contributed by atoms with van der Waals surface area (Å²) in [7, 11) is 0. The van der Waals surface area contributed by atoms with Gasteiger partial charge in [-0.15, -0.1) is 0 Å². The van der Waals surface area contributed by atoms with E-state index in [1.54, 1.807) is 0 Å². The van der Waals surface area contributed by atoms with Gasteiger partial charge in [-0.1, -0.05) is 25.3 Å². The minimum absolute atomic E-state index is 0.0950. The Morgan fingerprint density at radius 1 is 1.09 bits per heavy atom. The molecule has 1 atom stereocenters. The molecular weight excluding hydrogens is 459 g/mol. The molecule has 35 heavy (non-hydrogen) atoms. The van der Waals surface area contributed by atoms with Gasteiger partial charge in [-0.25, -0.2) is 4.39 Å². The van der Waals surface area contributed by atoms with E-state index in [1.165, 1.54) is 31.2 Å². The van der Waals surface area contributed by atoms with E-state index in [0.717, 1.165) is 44.2 Å². The number of fused-ring (bicyclic) bond motifs is 1. The molecule has 0 spiro atoms. The predicted molar refractivity (Wildman–Crippen MR) is 123 cm³/mol. The minimum atomic E-state index is -1.31. The molecule has 0 bridgehead atoms. The fourth-order valence-corrected chi connectivity index (χ4v) is 4.45. The molecule has 2 aromatic rings. The van der Waals surface area contributed by atoms with E-state index in [0.29, 0.717) is 4.90 Å². The summed E-state index contributed by atoms with van der Waals surface area (Å²) in [6.07, 6.45) is 4.42. The van der Waals surface area contributed by atoms with Gasteiger partial charge in [-0.05, 0) is 44.0 Å². The van der Waals surface area contributed by atoms with Crippen LogP contribution in [0.15, 0.2) is 36.4 Å². The number of imide groups is 1. The Morgan fingerprint density at radius 3 is 2.49 bits per heavy atom. The van der Waals surface area contributed by atoms with Crippen molar-refractivity contribution in [3.63, 3.8) is 0 Å². The number of rotatable bonds is 6. The van der Waals surface area contributed by atoms with E-state index in [4.69, 9.17) is 0 Å². The van der Waals surface area contributed by atoms with Crippen molar-refractivity contribution in [2.24, 2.45) is 5.92 Å². The van der Waals surface area contributed by atoms with Crippen LogP contribution in [0.3, 0.4) is 0 Å². The van der Waals surface area contributed by atoms with Crippen molar-refractivity contribution in [3.05, 3.63) is 63.5 Å². The summed E-state index contributed by atoms with van der Waals surface area (Å²) in [5.41, 5.74) is -0.991. The maximum absolute atomic E-state index is 14.3. The molecule has 2 aliphatic rings. The molecule has 1 aliphatic heterocycles. The topological polar surface area (TPSA) is 139 Å². The summed E-state index contributed by atoms with van der Waals surface area (Å²) >= 11 is 0. The van der Waals surface area contributed by atoms with Crippen molar-refractivity contribution in [1.82, 2.24) is 4.90 Å². The molecule has 11 heteroatoms. The van der Waals surface area contributed by atoms with Crippen molar-refractivity contribution in [1.29, 1.82) is 0 Å². The standard InChI is InChI=1S/C24H23FN4O6/c1-13(28-23(32)16-8-5-9-19(29(34)35)20(16)24(28)33)21(30)26-15-10-11-17(25)18(12-15)27-22(31)14-6-3-2-4-7-14/h5,8-14H,2-4,6-7H2,1H3,(H,26,30)(H,27,31). The number of anilines is 2. The molecule has 182 valence electrons. The Balaban J connectivity index is 1.49. The SMILES string of the molecule is CC(C(=O)Nc1ccc(F)c(NC(=O)C2CCCCC2)c1)N1C(=O)c2cccc([N+](=O)[O-])c2C1=O. The zero-order valence-corrected chi connectivity index (χ0v) is 18.9. The van der Waals surface area contributed by atoms with Crippen LogP contribution >= 0.6 is 0 Å². The van der Waals surface area contributed by atoms with Crippen LogP contribution in [0.5, 0.6) is 0 Å². The summed E-state index contributed by atoms with van der Waals surface area (Å²) in [5.74, 6) is -3.69. The van der Waals surface area contributed by atoms with Crippen LogP contribution in [0.2, 0.25) is 0 Å². The second-order valence-corrected chi connectivity index (χ2v) is 8.62. The van der Waals surface area contributed by atoms with Crippen LogP contribution < -0.4 is 10.6 Å². The molecule has 10 nitrogen and oxygen atoms in total. The summed E-state index contributed by atoms with van der Waals surface area (Å²) in [6, 6.07) is 6.00. The van der Waals surface area contributed by atoms with Crippen LogP contribution in [-0.4, -0.2) is 39.5 Å². The molecule has 2 aromatic carbocycles. The molecule has 1 unspecified atom stereocenters. The minimum Gasteiger partial charge on any atom is -0.324 e. The number of halogens is 1. The Labute approximate surface area is 199 Å². The smallest absolute Gasteiger partial charge is 0.282 e. The number of nitrogens with zero attached hydrogens (tertiary/aromatic N) is 2. The fraction of sp³-hybridized carbons (Fsp3) is 0.333. The van der Waals surface area contributed by atoms with E-state index < -0.39 is 40.2 Å². The number of nitrogens with one attached hydrogen (secondary N) is 2. The number of hydrogen-bond acceptors (Lipinski definition) is 6. The van der Waals surface area contributed by atoms with Gasteiger partial charge in [0.1, 0.15) is 17.4 Å². The van der Waals surface area contributed by atoms with Crippen LogP contribution in [-0.2, 0) is 9.59 Å². The maximum atomic E-state index is 14.3. The number of nitro groups is 1. The first-order valence-electron chi connectivity index (χ1n) is 11.3. The van der Waals surface area contributed by atoms with Gasteiger partial charge >= 0.3 is 0 Å². The summed E-state index contributed by atoms with van der Waals surface area (Å²) in [6.45, 7) is 1.30. The van der Waals surface area contributed by atoms with Crippen molar-refractivity contribution >= 4 is 40.7 Å². The van der Waals surface area contributed by atoms with Crippen LogP contribution in [0.1, 0.15) is 59.7 Å². The lowest BCUT2D eigenvalue weighted by molar-refractivity contribution is -0.385. The number of amides is 4. The zero-order valence-electron chi connectivity index (χ0n) is 18.9. The Bertz CT molecular complexity index is 1240. The summed E-state index contributed by atoms with van der Waals surface area (Å²) in [5, 5.41) is 16.4. The monoisotopic (exact) mass is 482 g/mol. The van der Waals surface area contributed by atoms with E-state index in [1.807, 2.05) is 0 Å². The van der Waals surface area contributed by atoms with E-state index in [2.05, 4.69) is 10.6 Å². The number of carbonyl (C=O) groups is 4. The zero-order chi connectivity index (χ0) is 25.3. The molecule has 4 rings (SSSR count). The third-order valence-electron chi connectivity index (χ3n) is 6.36. The first-order valence-corrected chi connectivity index (χ1v) is 11.3. The first kappa shape index (κ1) is 24.0. The first-order chi connectivity index (χ1) is 16.7. The lowest BCUT2D eigenvalue weighted by atomic mass is 9.88. The Hall–Kier alpha value is -4.15. The lowest BCUT2D eigenvalue weighted by Gasteiger charge is -2.22. The highest BCUT2D eigenvalue weighted by atomic mass is 19.1. The van der Waals surface area contributed by atoms with Crippen LogP contribution in [0, 0.1) is 21.8 Å². The van der Waals surface area contributed by atoms with Gasteiger partial charge in [0, 0.05) is 17.7 Å². The highest BCUT2D eigenvalue weighted by molar-refractivity contribution is 6.24. The normalized spacial score (nSPS) is 16.6. The third kappa shape index (κ3) is 4.61. The van der Waals surface area contributed by atoms with Gasteiger partial charge in [0.05, 0.1) is 16.2 Å². The molecule has 1 saturated carbocycles. The molecule has 1 aliphatic carbocycles. The van der Waals surface area contributed by atoms with Gasteiger partial charge in [-0.3, -0.25) is 34.2 Å². The predicted octanol–water partition coefficient (Wildman–Crippen LogP) is 3.88. The maximum Gasteiger partial charge on any atom is 0.282 e. The molecule has 2 N–H and O–H groups in total. The third-order valence-corrected chi connectivity index (χ3v) is 6.36.